The summed E-state index contributed by atoms with van der Waals surface area (Å²) in [7, 11) is 3.82. The van der Waals surface area contributed by atoms with Gasteiger partial charge in [0.15, 0.2) is 0 Å². The third kappa shape index (κ3) is 2.61. The van der Waals surface area contributed by atoms with Gasteiger partial charge in [-0.25, -0.2) is 0 Å². The second kappa shape index (κ2) is 4.92. The van der Waals surface area contributed by atoms with E-state index in [0.717, 1.165) is 39.0 Å². The minimum Gasteiger partial charge on any atom is -0.481 e. The van der Waals surface area contributed by atoms with Gasteiger partial charge >= 0.3 is 5.97 Å². The highest BCUT2D eigenvalue weighted by molar-refractivity contribution is 5.68. The molecule has 0 bridgehead atoms. The number of carboxylic acid groups (broad SMARTS) is 1. The number of carbonyl (C=O) groups is 1. The Kier molecular flexibility index (Phi) is 3.70. The summed E-state index contributed by atoms with van der Waals surface area (Å²) in [5.41, 5.74) is -0.145. The Bertz CT molecular complexity index is 281. The number of aliphatic carboxylic acids is 1. The molecule has 2 aliphatic rings. The maximum Gasteiger partial charge on any atom is 0.305 e. The number of likely N-dealkylation sites (N-methyl/N-ethyl adjacent to an activating group) is 1. The van der Waals surface area contributed by atoms with Crippen molar-refractivity contribution in [3.63, 3.8) is 0 Å². The minimum atomic E-state index is -0.696. The van der Waals surface area contributed by atoms with Crippen LogP contribution in [0.25, 0.3) is 0 Å². The zero-order valence-electron chi connectivity index (χ0n) is 10.7. The van der Waals surface area contributed by atoms with E-state index in [9.17, 15) is 4.79 Å². The quantitative estimate of drug-likeness (QED) is 0.766. The lowest BCUT2D eigenvalue weighted by atomic mass is 9.70. The SMILES string of the molecule is COC1CC(CC(=O)O)(N2CCN(C)CC2)C1. The smallest absolute Gasteiger partial charge is 0.305 e. The molecule has 0 radical (unpaired) electrons. The van der Waals surface area contributed by atoms with Crippen molar-refractivity contribution < 1.29 is 14.6 Å². The molecule has 1 N–H and O–H groups in total. The van der Waals surface area contributed by atoms with Crippen molar-refractivity contribution in [3.05, 3.63) is 0 Å². The average Bonchev–Trinajstić information content (AvgIpc) is 2.23. The van der Waals surface area contributed by atoms with Crippen LogP contribution in [0.3, 0.4) is 0 Å². The number of hydrogen-bond donors (Lipinski definition) is 1. The minimum absolute atomic E-state index is 0.145. The van der Waals surface area contributed by atoms with Crippen LogP contribution in [-0.4, -0.2) is 72.9 Å². The normalized spacial score (nSPS) is 35.5. The summed E-state index contributed by atoms with van der Waals surface area (Å²) in [5.74, 6) is -0.696. The van der Waals surface area contributed by atoms with Gasteiger partial charge in [0.2, 0.25) is 0 Å². The van der Waals surface area contributed by atoms with Crippen LogP contribution in [0.5, 0.6) is 0 Å². The van der Waals surface area contributed by atoms with Gasteiger partial charge in [-0.2, -0.15) is 0 Å². The average molecular weight is 242 g/mol. The maximum absolute atomic E-state index is 11.0. The number of ether oxygens (including phenoxy) is 1. The molecule has 17 heavy (non-hydrogen) atoms. The van der Waals surface area contributed by atoms with E-state index in [1.54, 1.807) is 7.11 Å². The Hall–Kier alpha value is -0.650. The predicted octanol–water partition coefficient (Wildman–Crippen LogP) is 0.256. The lowest BCUT2D eigenvalue weighted by Crippen LogP contribution is -2.64. The Morgan fingerprint density at radius 3 is 2.41 bits per heavy atom. The van der Waals surface area contributed by atoms with Crippen LogP contribution in [0.15, 0.2) is 0 Å². The Labute approximate surface area is 102 Å². The molecule has 98 valence electrons. The highest BCUT2D eigenvalue weighted by Gasteiger charge is 2.50. The summed E-state index contributed by atoms with van der Waals surface area (Å²) in [5, 5.41) is 9.08. The van der Waals surface area contributed by atoms with Gasteiger partial charge < -0.3 is 14.7 Å². The summed E-state index contributed by atoms with van der Waals surface area (Å²) < 4.78 is 5.30. The maximum atomic E-state index is 11.0. The van der Waals surface area contributed by atoms with Crippen LogP contribution in [0, 0.1) is 0 Å². The van der Waals surface area contributed by atoms with Crippen molar-refractivity contribution in [2.45, 2.75) is 30.9 Å². The molecule has 1 aliphatic carbocycles. The van der Waals surface area contributed by atoms with Crippen molar-refractivity contribution in [2.24, 2.45) is 0 Å². The summed E-state index contributed by atoms with van der Waals surface area (Å²) in [6, 6.07) is 0. The van der Waals surface area contributed by atoms with Crippen LogP contribution in [0.4, 0.5) is 0 Å². The third-order valence-corrected chi connectivity index (χ3v) is 4.20. The third-order valence-electron chi connectivity index (χ3n) is 4.20. The molecule has 5 heteroatoms. The van der Waals surface area contributed by atoms with E-state index in [0.29, 0.717) is 0 Å². The lowest BCUT2D eigenvalue weighted by molar-refractivity contribution is -0.151. The highest BCUT2D eigenvalue weighted by atomic mass is 16.5. The number of rotatable bonds is 4. The van der Waals surface area contributed by atoms with Crippen LogP contribution in [-0.2, 0) is 9.53 Å². The summed E-state index contributed by atoms with van der Waals surface area (Å²) >= 11 is 0. The largest absolute Gasteiger partial charge is 0.481 e. The molecule has 0 amide bonds. The Morgan fingerprint density at radius 1 is 1.35 bits per heavy atom. The fourth-order valence-electron chi connectivity index (χ4n) is 3.03. The van der Waals surface area contributed by atoms with Crippen molar-refractivity contribution >= 4 is 5.97 Å². The first-order valence-electron chi connectivity index (χ1n) is 6.24. The molecular weight excluding hydrogens is 220 g/mol. The number of hydrogen-bond acceptors (Lipinski definition) is 4. The van der Waals surface area contributed by atoms with Gasteiger partial charge in [0.25, 0.3) is 0 Å². The molecule has 1 heterocycles. The van der Waals surface area contributed by atoms with E-state index in [1.165, 1.54) is 0 Å². The summed E-state index contributed by atoms with van der Waals surface area (Å²) in [6.45, 7) is 4.00. The first-order chi connectivity index (χ1) is 8.05. The molecule has 5 nitrogen and oxygen atoms in total. The van der Waals surface area contributed by atoms with Crippen LogP contribution < -0.4 is 0 Å². The monoisotopic (exact) mass is 242 g/mol. The molecule has 1 saturated carbocycles. The molecule has 0 aromatic heterocycles. The van der Waals surface area contributed by atoms with Gasteiger partial charge in [-0.1, -0.05) is 0 Å². The molecule has 1 saturated heterocycles. The number of piperazine rings is 1. The predicted molar refractivity (Wildman–Crippen MR) is 64.1 cm³/mol. The van der Waals surface area contributed by atoms with Gasteiger partial charge in [0.05, 0.1) is 12.5 Å². The van der Waals surface area contributed by atoms with Gasteiger partial charge in [0.1, 0.15) is 0 Å². The first-order valence-corrected chi connectivity index (χ1v) is 6.24. The van der Waals surface area contributed by atoms with Crippen molar-refractivity contribution in [1.82, 2.24) is 9.80 Å². The van der Waals surface area contributed by atoms with Crippen LogP contribution in [0.1, 0.15) is 19.3 Å². The van der Waals surface area contributed by atoms with Gasteiger partial charge in [-0.05, 0) is 19.9 Å². The van der Waals surface area contributed by atoms with E-state index < -0.39 is 5.97 Å². The van der Waals surface area contributed by atoms with Gasteiger partial charge in [-0.15, -0.1) is 0 Å². The molecule has 0 spiro atoms. The second-order valence-electron chi connectivity index (χ2n) is 5.35. The van der Waals surface area contributed by atoms with E-state index >= 15 is 0 Å². The number of methoxy groups -OCH3 is 1. The van der Waals surface area contributed by atoms with Crippen LogP contribution in [0.2, 0.25) is 0 Å². The fourth-order valence-corrected chi connectivity index (χ4v) is 3.03. The molecule has 0 unspecified atom stereocenters. The number of carboxylic acids is 1. The summed E-state index contributed by atoms with van der Waals surface area (Å²) in [4.78, 5) is 15.7. The van der Waals surface area contributed by atoms with E-state index in [1.807, 2.05) is 0 Å². The topological polar surface area (TPSA) is 53.0 Å². The molecule has 0 aromatic rings. The molecule has 0 aromatic carbocycles. The summed E-state index contributed by atoms with van der Waals surface area (Å²) in [6.07, 6.45) is 2.21. The van der Waals surface area contributed by atoms with Crippen molar-refractivity contribution in [2.75, 3.05) is 40.3 Å². The zero-order valence-corrected chi connectivity index (χ0v) is 10.7. The highest BCUT2D eigenvalue weighted by Crippen LogP contribution is 2.42. The zero-order chi connectivity index (χ0) is 12.5. The standard InChI is InChI=1S/C12H22N2O3/c1-13-3-5-14(6-4-13)12(9-11(15)16)7-10(8-12)17-2/h10H,3-9H2,1-2H3,(H,15,16). The van der Waals surface area contributed by atoms with E-state index in [4.69, 9.17) is 9.84 Å². The Morgan fingerprint density at radius 2 is 1.94 bits per heavy atom. The fraction of sp³-hybridized carbons (Fsp3) is 0.917. The van der Waals surface area contributed by atoms with Crippen LogP contribution >= 0.6 is 0 Å². The molecule has 2 fully saturated rings. The lowest BCUT2D eigenvalue weighted by Gasteiger charge is -2.55. The van der Waals surface area contributed by atoms with Crippen molar-refractivity contribution in [1.29, 1.82) is 0 Å². The molecular formula is C12H22N2O3. The molecule has 2 rings (SSSR count). The molecule has 0 atom stereocenters. The first kappa shape index (κ1) is 12.8. The Balaban J connectivity index is 1.99. The van der Waals surface area contributed by atoms with Gasteiger partial charge in [0, 0.05) is 38.8 Å². The van der Waals surface area contributed by atoms with Gasteiger partial charge in [-0.3, -0.25) is 9.69 Å². The van der Waals surface area contributed by atoms with E-state index in [2.05, 4.69) is 16.8 Å². The van der Waals surface area contributed by atoms with Crippen molar-refractivity contribution in [3.8, 4) is 0 Å². The second-order valence-corrected chi connectivity index (χ2v) is 5.35. The van der Waals surface area contributed by atoms with E-state index in [-0.39, 0.29) is 18.1 Å². The molecule has 1 aliphatic heterocycles. The number of nitrogens with zero attached hydrogens (tertiary/aromatic N) is 2.